The van der Waals surface area contributed by atoms with Gasteiger partial charge in [0, 0.05) is 17.6 Å². The summed E-state index contributed by atoms with van der Waals surface area (Å²) in [5.41, 5.74) is 1.01. The Morgan fingerprint density at radius 1 is 1.35 bits per heavy atom. The van der Waals surface area contributed by atoms with Gasteiger partial charge in [-0.3, -0.25) is 4.79 Å². The van der Waals surface area contributed by atoms with E-state index in [0.29, 0.717) is 11.1 Å². The van der Waals surface area contributed by atoms with Gasteiger partial charge in [-0.1, -0.05) is 0 Å². The fourth-order valence-electron chi connectivity index (χ4n) is 2.68. The van der Waals surface area contributed by atoms with Gasteiger partial charge in [0.2, 0.25) is 10.0 Å². The van der Waals surface area contributed by atoms with E-state index in [1.54, 1.807) is 13.0 Å². The predicted molar refractivity (Wildman–Crippen MR) is 76.9 cm³/mol. The fourth-order valence-corrected chi connectivity index (χ4v) is 3.28. The third-order valence-corrected chi connectivity index (χ3v) is 4.81. The molecular weight excluding hydrogens is 276 g/mol. The zero-order valence-electron chi connectivity index (χ0n) is 12.0. The fraction of sp³-hybridized carbons (Fsp3) is 0.500. The quantitative estimate of drug-likeness (QED) is 0.901. The number of hydrogen-bond donors (Lipinski definition) is 1. The van der Waals surface area contributed by atoms with Gasteiger partial charge in [-0.25, -0.2) is 13.6 Å². The third kappa shape index (κ3) is 2.71. The van der Waals surface area contributed by atoms with Crippen molar-refractivity contribution in [2.75, 3.05) is 6.54 Å². The minimum Gasteiger partial charge on any atom is -0.334 e. The summed E-state index contributed by atoms with van der Waals surface area (Å²) in [5.74, 6) is -0.0500. The summed E-state index contributed by atoms with van der Waals surface area (Å²) in [6, 6.07) is 4.39. The number of sulfonamides is 1. The molecule has 1 aliphatic rings. The Morgan fingerprint density at radius 3 is 2.45 bits per heavy atom. The Bertz CT molecular complexity index is 650. The Morgan fingerprint density at radius 2 is 2.00 bits per heavy atom. The summed E-state index contributed by atoms with van der Waals surface area (Å²) in [7, 11) is -3.73. The zero-order valence-corrected chi connectivity index (χ0v) is 12.8. The van der Waals surface area contributed by atoms with Crippen molar-refractivity contribution in [2.45, 2.75) is 44.0 Å². The molecule has 6 heteroatoms. The van der Waals surface area contributed by atoms with Crippen LogP contribution in [-0.4, -0.2) is 31.3 Å². The van der Waals surface area contributed by atoms with Crippen LogP contribution in [0.1, 0.15) is 42.6 Å². The molecule has 0 saturated carbocycles. The maximum absolute atomic E-state index is 12.6. The average molecular weight is 296 g/mol. The van der Waals surface area contributed by atoms with E-state index in [2.05, 4.69) is 0 Å². The lowest BCUT2D eigenvalue weighted by Crippen LogP contribution is -2.42. The molecule has 1 aromatic rings. The molecular formula is C14H20N2O3S. The molecule has 0 spiro atoms. The summed E-state index contributed by atoms with van der Waals surface area (Å²) >= 11 is 0. The van der Waals surface area contributed by atoms with E-state index in [0.717, 1.165) is 19.4 Å². The first-order valence-electron chi connectivity index (χ1n) is 6.58. The molecule has 2 N–H and O–H groups in total. The molecule has 2 rings (SSSR count). The number of aryl methyl sites for hydroxylation is 1. The van der Waals surface area contributed by atoms with E-state index in [9.17, 15) is 13.2 Å². The van der Waals surface area contributed by atoms with Crippen molar-refractivity contribution in [1.82, 2.24) is 4.90 Å². The number of primary sulfonamides is 1. The molecule has 5 nitrogen and oxygen atoms in total. The second-order valence-corrected chi connectivity index (χ2v) is 7.46. The summed E-state index contributed by atoms with van der Waals surface area (Å²) in [6.45, 7) is 6.56. The SMILES string of the molecule is Cc1cc(S(N)(=O)=O)ccc1C(=O)N1CCCC1(C)C. The maximum atomic E-state index is 12.6. The van der Waals surface area contributed by atoms with Gasteiger partial charge in [-0.2, -0.15) is 0 Å². The molecule has 0 atom stereocenters. The summed E-state index contributed by atoms with van der Waals surface area (Å²) in [5, 5.41) is 5.09. The van der Waals surface area contributed by atoms with Crippen LogP contribution < -0.4 is 5.14 Å². The van der Waals surface area contributed by atoms with Gasteiger partial charge < -0.3 is 4.90 Å². The lowest BCUT2D eigenvalue weighted by molar-refractivity contribution is 0.0651. The predicted octanol–water partition coefficient (Wildman–Crippen LogP) is 1.66. The minimum atomic E-state index is -3.73. The van der Waals surface area contributed by atoms with Gasteiger partial charge in [0.05, 0.1) is 4.90 Å². The molecule has 0 bridgehead atoms. The highest BCUT2D eigenvalue weighted by Gasteiger charge is 2.36. The van der Waals surface area contributed by atoms with Crippen LogP contribution in [0.5, 0.6) is 0 Å². The van der Waals surface area contributed by atoms with Crippen molar-refractivity contribution in [2.24, 2.45) is 5.14 Å². The molecule has 1 amide bonds. The minimum absolute atomic E-state index is 0.0345. The second kappa shape index (κ2) is 4.86. The number of nitrogens with two attached hydrogens (primary N) is 1. The largest absolute Gasteiger partial charge is 0.334 e. The molecule has 0 radical (unpaired) electrons. The third-order valence-electron chi connectivity index (χ3n) is 3.90. The highest BCUT2D eigenvalue weighted by Crippen LogP contribution is 2.30. The molecule has 1 fully saturated rings. The van der Waals surface area contributed by atoms with Crippen LogP contribution in [0, 0.1) is 6.92 Å². The van der Waals surface area contributed by atoms with E-state index < -0.39 is 10.0 Å². The van der Waals surface area contributed by atoms with Gasteiger partial charge >= 0.3 is 0 Å². The van der Waals surface area contributed by atoms with E-state index in [4.69, 9.17) is 5.14 Å². The Balaban J connectivity index is 2.37. The smallest absolute Gasteiger partial charge is 0.254 e. The molecule has 1 heterocycles. The highest BCUT2D eigenvalue weighted by atomic mass is 32.2. The lowest BCUT2D eigenvalue weighted by atomic mass is 10.0. The molecule has 1 aromatic carbocycles. The second-order valence-electron chi connectivity index (χ2n) is 5.89. The van der Waals surface area contributed by atoms with Crippen molar-refractivity contribution in [1.29, 1.82) is 0 Å². The van der Waals surface area contributed by atoms with Crippen molar-refractivity contribution in [3.05, 3.63) is 29.3 Å². The standard InChI is InChI=1S/C14H20N2O3S/c1-10-9-11(20(15,18)19)5-6-12(10)13(17)16-8-4-7-14(16,2)3/h5-6,9H,4,7-8H2,1-3H3,(H2,15,18,19). The van der Waals surface area contributed by atoms with Crippen LogP contribution in [0.25, 0.3) is 0 Å². The first-order chi connectivity index (χ1) is 9.13. The van der Waals surface area contributed by atoms with E-state index in [1.165, 1.54) is 12.1 Å². The topological polar surface area (TPSA) is 80.5 Å². The van der Waals surface area contributed by atoms with Crippen LogP contribution in [0.3, 0.4) is 0 Å². The first kappa shape index (κ1) is 15.0. The number of likely N-dealkylation sites (tertiary alicyclic amines) is 1. The number of benzene rings is 1. The first-order valence-corrected chi connectivity index (χ1v) is 8.13. The van der Waals surface area contributed by atoms with Crippen molar-refractivity contribution >= 4 is 15.9 Å². The van der Waals surface area contributed by atoms with Crippen molar-refractivity contribution in [3.63, 3.8) is 0 Å². The van der Waals surface area contributed by atoms with Gasteiger partial charge in [-0.15, -0.1) is 0 Å². The van der Waals surface area contributed by atoms with E-state index in [-0.39, 0.29) is 16.3 Å². The number of carbonyl (C=O) groups is 1. The number of rotatable bonds is 2. The number of carbonyl (C=O) groups excluding carboxylic acids is 1. The van der Waals surface area contributed by atoms with E-state index in [1.807, 2.05) is 18.7 Å². The molecule has 1 aliphatic heterocycles. The summed E-state index contributed by atoms with van der Waals surface area (Å²) in [6.07, 6.45) is 1.97. The molecule has 110 valence electrons. The van der Waals surface area contributed by atoms with Gasteiger partial charge in [-0.05, 0) is 57.4 Å². The lowest BCUT2D eigenvalue weighted by Gasteiger charge is -2.32. The maximum Gasteiger partial charge on any atom is 0.254 e. The zero-order chi connectivity index (χ0) is 15.1. The Labute approximate surface area is 119 Å². The van der Waals surface area contributed by atoms with Crippen molar-refractivity contribution in [3.8, 4) is 0 Å². The van der Waals surface area contributed by atoms with Crippen LogP contribution in [0.15, 0.2) is 23.1 Å². The van der Waals surface area contributed by atoms with Gasteiger partial charge in [0.25, 0.3) is 5.91 Å². The van der Waals surface area contributed by atoms with Crippen LogP contribution in [-0.2, 0) is 10.0 Å². The number of nitrogens with zero attached hydrogens (tertiary/aromatic N) is 1. The van der Waals surface area contributed by atoms with Crippen LogP contribution in [0.4, 0.5) is 0 Å². The van der Waals surface area contributed by atoms with Gasteiger partial charge in [0.1, 0.15) is 0 Å². The Hall–Kier alpha value is -1.40. The van der Waals surface area contributed by atoms with E-state index >= 15 is 0 Å². The molecule has 0 aromatic heterocycles. The summed E-state index contributed by atoms with van der Waals surface area (Å²) < 4.78 is 22.6. The monoisotopic (exact) mass is 296 g/mol. The average Bonchev–Trinajstić information content (AvgIpc) is 2.66. The van der Waals surface area contributed by atoms with Crippen LogP contribution >= 0.6 is 0 Å². The molecule has 20 heavy (non-hydrogen) atoms. The molecule has 0 unspecified atom stereocenters. The summed E-state index contributed by atoms with van der Waals surface area (Å²) in [4.78, 5) is 14.5. The van der Waals surface area contributed by atoms with Crippen LogP contribution in [0.2, 0.25) is 0 Å². The molecule has 1 saturated heterocycles. The molecule has 0 aliphatic carbocycles. The normalized spacial score (nSPS) is 18.3. The van der Waals surface area contributed by atoms with Gasteiger partial charge in [0.15, 0.2) is 0 Å². The highest BCUT2D eigenvalue weighted by molar-refractivity contribution is 7.89. The van der Waals surface area contributed by atoms with Crippen molar-refractivity contribution < 1.29 is 13.2 Å². The number of hydrogen-bond acceptors (Lipinski definition) is 3. The number of amides is 1. The Kier molecular flexibility index (Phi) is 3.64.